The molecule has 0 aromatic carbocycles. The van der Waals surface area contributed by atoms with Gasteiger partial charge in [-0.25, -0.2) is 9.50 Å². The number of hydrogen-bond acceptors (Lipinski definition) is 5. The minimum absolute atomic E-state index is 0.0916. The van der Waals surface area contributed by atoms with Crippen molar-refractivity contribution in [3.05, 3.63) is 47.5 Å². The molecule has 3 heterocycles. The van der Waals surface area contributed by atoms with Crippen molar-refractivity contribution in [3.8, 4) is 0 Å². The highest BCUT2D eigenvalue weighted by atomic mass is 32.1. The average Bonchev–Trinajstić information content (AvgIpc) is 3.13. The Hall–Kier alpha value is -2.28. The number of aryl methyl sites for hydroxylation is 1. The fourth-order valence-electron chi connectivity index (χ4n) is 2.26. The summed E-state index contributed by atoms with van der Waals surface area (Å²) in [4.78, 5) is 20.9. The molecule has 3 aromatic rings. The molecule has 114 valence electrons. The second-order valence-electron chi connectivity index (χ2n) is 5.00. The van der Waals surface area contributed by atoms with E-state index < -0.39 is 0 Å². The van der Waals surface area contributed by atoms with Crippen LogP contribution in [0.3, 0.4) is 0 Å². The second-order valence-corrected chi connectivity index (χ2v) is 5.83. The topological polar surface area (TPSA) is 72.2 Å². The van der Waals surface area contributed by atoms with Crippen LogP contribution in [0.4, 0.5) is 0 Å². The number of carbonyl (C=O) groups is 1. The summed E-state index contributed by atoms with van der Waals surface area (Å²) in [5.74, 6) is 0.0916. The highest BCUT2D eigenvalue weighted by Gasteiger charge is 2.06. The first kappa shape index (κ1) is 14.6. The quantitative estimate of drug-likeness (QED) is 0.722. The van der Waals surface area contributed by atoms with Gasteiger partial charge >= 0.3 is 0 Å². The maximum Gasteiger partial charge on any atom is 0.220 e. The minimum Gasteiger partial charge on any atom is -0.356 e. The Balaban J connectivity index is 1.37. The molecule has 6 nitrogen and oxygen atoms in total. The number of carbonyl (C=O) groups excluding carboxylic acids is 1. The first-order valence-corrected chi connectivity index (χ1v) is 8.12. The lowest BCUT2D eigenvalue weighted by Crippen LogP contribution is -2.25. The van der Waals surface area contributed by atoms with E-state index >= 15 is 0 Å². The van der Waals surface area contributed by atoms with Crippen LogP contribution in [0.25, 0.3) is 4.96 Å². The van der Waals surface area contributed by atoms with Gasteiger partial charge in [-0.1, -0.05) is 6.07 Å². The summed E-state index contributed by atoms with van der Waals surface area (Å²) in [5.41, 5.74) is 2.25. The maximum absolute atomic E-state index is 11.8. The molecule has 0 aliphatic carbocycles. The highest BCUT2D eigenvalue weighted by molar-refractivity contribution is 7.15. The van der Waals surface area contributed by atoms with Gasteiger partial charge in [-0.15, -0.1) is 11.3 Å². The average molecular weight is 315 g/mol. The van der Waals surface area contributed by atoms with Gasteiger partial charge in [0.25, 0.3) is 0 Å². The second kappa shape index (κ2) is 7.13. The highest BCUT2D eigenvalue weighted by Crippen LogP contribution is 2.12. The SMILES string of the molecule is O=C(CCCc1cccnc1)NCCc1csc2ncnn12. The number of nitrogens with one attached hydrogen (secondary N) is 1. The van der Waals surface area contributed by atoms with E-state index in [2.05, 4.69) is 20.4 Å². The van der Waals surface area contributed by atoms with Crippen molar-refractivity contribution in [2.45, 2.75) is 25.7 Å². The fraction of sp³-hybridized carbons (Fsp3) is 0.333. The summed E-state index contributed by atoms with van der Waals surface area (Å²) >= 11 is 1.56. The van der Waals surface area contributed by atoms with Gasteiger partial charge in [0.2, 0.25) is 10.9 Å². The Kier molecular flexibility index (Phi) is 4.75. The van der Waals surface area contributed by atoms with Gasteiger partial charge in [0.1, 0.15) is 6.33 Å². The molecular weight excluding hydrogens is 298 g/mol. The summed E-state index contributed by atoms with van der Waals surface area (Å²) in [6, 6.07) is 3.95. The van der Waals surface area contributed by atoms with Crippen molar-refractivity contribution in [2.75, 3.05) is 6.54 Å². The first-order chi connectivity index (χ1) is 10.8. The van der Waals surface area contributed by atoms with Gasteiger partial charge in [-0.2, -0.15) is 5.10 Å². The number of amides is 1. The number of nitrogens with zero attached hydrogens (tertiary/aromatic N) is 4. The lowest BCUT2D eigenvalue weighted by atomic mass is 10.1. The van der Waals surface area contributed by atoms with Crippen molar-refractivity contribution in [1.29, 1.82) is 0 Å². The van der Waals surface area contributed by atoms with Crippen LogP contribution in [0.15, 0.2) is 36.2 Å². The zero-order valence-electron chi connectivity index (χ0n) is 12.1. The van der Waals surface area contributed by atoms with Crippen molar-refractivity contribution in [1.82, 2.24) is 24.9 Å². The standard InChI is InChI=1S/C15H17N5OS/c21-14(5-1-3-12-4-2-7-16-9-12)17-8-6-13-10-22-15-18-11-19-20(13)15/h2,4,7,9-11H,1,3,5-6,8H2,(H,17,21). The molecule has 0 fully saturated rings. The molecule has 0 atom stereocenters. The maximum atomic E-state index is 11.8. The van der Waals surface area contributed by atoms with Crippen molar-refractivity contribution < 1.29 is 4.79 Å². The van der Waals surface area contributed by atoms with E-state index in [0.29, 0.717) is 13.0 Å². The molecule has 3 aromatic heterocycles. The van der Waals surface area contributed by atoms with Crippen molar-refractivity contribution in [3.63, 3.8) is 0 Å². The molecule has 0 bridgehead atoms. The molecule has 0 saturated heterocycles. The summed E-state index contributed by atoms with van der Waals surface area (Å²) in [6.07, 6.45) is 8.17. The third kappa shape index (κ3) is 3.67. The zero-order valence-corrected chi connectivity index (χ0v) is 12.9. The first-order valence-electron chi connectivity index (χ1n) is 7.24. The van der Waals surface area contributed by atoms with Gasteiger partial charge < -0.3 is 5.32 Å². The van der Waals surface area contributed by atoms with Gasteiger partial charge in [0.05, 0.1) is 5.69 Å². The largest absolute Gasteiger partial charge is 0.356 e. The van der Waals surface area contributed by atoms with Crippen LogP contribution in [-0.2, 0) is 17.6 Å². The molecule has 0 radical (unpaired) electrons. The molecule has 22 heavy (non-hydrogen) atoms. The van der Waals surface area contributed by atoms with Crippen LogP contribution in [0.2, 0.25) is 0 Å². The van der Waals surface area contributed by atoms with Crippen LogP contribution in [0.5, 0.6) is 0 Å². The number of fused-ring (bicyclic) bond motifs is 1. The summed E-state index contributed by atoms with van der Waals surface area (Å²) < 4.78 is 1.82. The van der Waals surface area contributed by atoms with E-state index in [9.17, 15) is 4.79 Å². The number of thiazole rings is 1. The summed E-state index contributed by atoms with van der Waals surface area (Å²) in [7, 11) is 0. The minimum atomic E-state index is 0.0916. The van der Waals surface area contributed by atoms with Crippen LogP contribution in [-0.4, -0.2) is 32.0 Å². The number of aromatic nitrogens is 4. The van der Waals surface area contributed by atoms with Crippen LogP contribution in [0.1, 0.15) is 24.1 Å². The smallest absolute Gasteiger partial charge is 0.220 e. The van der Waals surface area contributed by atoms with Gasteiger partial charge in [-0.3, -0.25) is 9.78 Å². The van der Waals surface area contributed by atoms with Crippen molar-refractivity contribution >= 4 is 22.2 Å². The Bertz CT molecular complexity index is 737. The van der Waals surface area contributed by atoms with E-state index in [0.717, 1.165) is 29.9 Å². The molecule has 0 unspecified atom stereocenters. The molecular formula is C15H17N5OS. The van der Waals surface area contributed by atoms with E-state index in [1.165, 1.54) is 5.56 Å². The fourth-order valence-corrected chi connectivity index (χ4v) is 3.09. The molecule has 1 amide bonds. The Morgan fingerprint density at radius 3 is 3.18 bits per heavy atom. The monoisotopic (exact) mass is 315 g/mol. The zero-order chi connectivity index (χ0) is 15.2. The molecule has 3 rings (SSSR count). The third-order valence-electron chi connectivity index (χ3n) is 3.38. The van der Waals surface area contributed by atoms with Gasteiger partial charge in [0.15, 0.2) is 0 Å². The van der Waals surface area contributed by atoms with Crippen LogP contribution >= 0.6 is 11.3 Å². The number of pyridine rings is 1. The van der Waals surface area contributed by atoms with E-state index in [1.54, 1.807) is 23.9 Å². The van der Waals surface area contributed by atoms with Crippen LogP contribution < -0.4 is 5.32 Å². The predicted molar refractivity (Wildman–Crippen MR) is 84.8 cm³/mol. The van der Waals surface area contributed by atoms with E-state index in [1.807, 2.05) is 28.2 Å². The Morgan fingerprint density at radius 1 is 1.36 bits per heavy atom. The van der Waals surface area contributed by atoms with Crippen molar-refractivity contribution in [2.24, 2.45) is 0 Å². The molecule has 0 saturated carbocycles. The summed E-state index contributed by atoms with van der Waals surface area (Å²) in [6.45, 7) is 0.622. The predicted octanol–water partition coefficient (Wildman–Crippen LogP) is 1.87. The lowest BCUT2D eigenvalue weighted by Gasteiger charge is -2.04. The molecule has 0 aliphatic heterocycles. The molecule has 0 aliphatic rings. The van der Waals surface area contributed by atoms with E-state index in [4.69, 9.17) is 0 Å². The Morgan fingerprint density at radius 2 is 2.32 bits per heavy atom. The number of rotatable bonds is 7. The van der Waals surface area contributed by atoms with Crippen LogP contribution in [0, 0.1) is 0 Å². The normalized spacial score (nSPS) is 10.9. The molecule has 7 heteroatoms. The molecule has 0 spiro atoms. The van der Waals surface area contributed by atoms with Gasteiger partial charge in [-0.05, 0) is 24.5 Å². The molecule has 1 N–H and O–H groups in total. The number of hydrogen-bond donors (Lipinski definition) is 1. The summed E-state index contributed by atoms with van der Waals surface area (Å²) in [5, 5.41) is 9.14. The van der Waals surface area contributed by atoms with E-state index in [-0.39, 0.29) is 5.91 Å². The third-order valence-corrected chi connectivity index (χ3v) is 4.26. The Labute approximate surface area is 132 Å². The lowest BCUT2D eigenvalue weighted by molar-refractivity contribution is -0.121. The van der Waals surface area contributed by atoms with Gasteiger partial charge in [0, 0.05) is 37.2 Å².